The van der Waals surface area contributed by atoms with Gasteiger partial charge in [0.15, 0.2) is 14.5 Å². The summed E-state index contributed by atoms with van der Waals surface area (Å²) in [7, 11) is -9.79. The molecule has 4 aromatic rings. The first-order chi connectivity index (χ1) is 30.3. The Morgan fingerprint density at radius 2 is 1.47 bits per heavy atom. The highest BCUT2D eigenvalue weighted by atomic mass is 31.1. The molecule has 0 radical (unpaired) electrons. The molecule has 1 unspecified atom stereocenters. The van der Waals surface area contributed by atoms with Gasteiger partial charge >= 0.3 is 13.9 Å². The highest BCUT2D eigenvalue weighted by Gasteiger charge is 2.63. The number of carbonyl (C=O) groups is 1. The molecule has 4 heterocycles. The highest BCUT2D eigenvalue weighted by molar-refractivity contribution is 7.32. The van der Waals surface area contributed by atoms with Crippen LogP contribution in [0, 0.1) is 0 Å². The van der Waals surface area contributed by atoms with Crippen LogP contribution in [-0.4, -0.2) is 97.1 Å². The first kappa shape index (κ1) is 49.3. The zero-order valence-electron chi connectivity index (χ0n) is 38.5. The zero-order chi connectivity index (χ0) is 46.3. The van der Waals surface area contributed by atoms with Gasteiger partial charge in [-0.3, -0.25) is 23.4 Å². The molecule has 14 nitrogen and oxygen atoms in total. The van der Waals surface area contributed by atoms with Gasteiger partial charge in [-0.15, -0.1) is 0 Å². The third-order valence-corrected chi connectivity index (χ3v) is 22.7. The normalized spacial score (nSPS) is 22.3. The number of benzene rings is 3. The largest absolute Gasteiger partial charge is 0.406 e. The number of aliphatic imine (C=N–C) groups is 1. The minimum atomic E-state index is -3.85. The summed E-state index contributed by atoms with van der Waals surface area (Å²) < 4.78 is 39.5. The molecule has 5 atom stereocenters. The standard InChI is InChI=1S/C38H50N3O9PSi2.C9H16N2/c1-36(2,3)52(7,8)49-32-30(26-47-53(37(4,5)6,28-20-14-10-15-21-28)29-22-16-11-17-23-29)48-34(38(32,44)50-51(45)46)41-25-24-31(40-35(41)43)39-33(42)27-18-12-9-13-19-27;1-2-5-9-10-6-4-8-11(9)7-3-1/h9-25,30,32,34,44,51H,26H2,1-8H3,(H,45,46)(H,39,40,42,43);1-8H2/t30-,32-,34-,38-;/m1./s1. The number of aliphatic hydroxyl groups is 1. The van der Waals surface area contributed by atoms with Crippen molar-refractivity contribution in [3.63, 3.8) is 0 Å². The Morgan fingerprint density at radius 1 is 0.875 bits per heavy atom. The summed E-state index contributed by atoms with van der Waals surface area (Å²) in [6.45, 7) is 19.9. The number of ether oxygens (including phenoxy) is 1. The predicted octanol–water partition coefficient (Wildman–Crippen LogP) is 7.11. The molecule has 0 bridgehead atoms. The molecule has 1 aromatic heterocycles. The lowest BCUT2D eigenvalue weighted by molar-refractivity contribution is -0.228. The third-order valence-electron chi connectivity index (χ3n) is 12.7. The quantitative estimate of drug-likeness (QED) is 0.0751. The van der Waals surface area contributed by atoms with E-state index in [0.717, 1.165) is 21.5 Å². The Labute approximate surface area is 380 Å². The molecule has 3 aliphatic heterocycles. The van der Waals surface area contributed by atoms with Crippen molar-refractivity contribution in [3.8, 4) is 0 Å². The van der Waals surface area contributed by atoms with Gasteiger partial charge < -0.3 is 33.8 Å². The Kier molecular flexibility index (Phi) is 15.9. The van der Waals surface area contributed by atoms with Crippen molar-refractivity contribution in [3.05, 3.63) is 119 Å². The van der Waals surface area contributed by atoms with Crippen LogP contribution in [0.3, 0.4) is 0 Å². The Balaban J connectivity index is 0.000000533. The SMILES string of the molecule is C1CCC2=NCCCN2CC1.CC(C)(C)[Si](C)(C)O[C@@H]1[C@@H](CO[Si](c2ccccc2)(c2ccccc2)C(C)(C)C)O[C@@H](n2ccc(NC(=O)c3ccccc3)nc2=O)[C@]1(O)O[PH](=O)O. The summed E-state index contributed by atoms with van der Waals surface area (Å²) in [6.07, 6.45) is 3.75. The van der Waals surface area contributed by atoms with Crippen molar-refractivity contribution >= 4 is 52.8 Å². The number of nitrogens with zero attached hydrogens (tertiary/aromatic N) is 4. The lowest BCUT2D eigenvalue weighted by Gasteiger charge is -2.45. The molecule has 64 heavy (non-hydrogen) atoms. The number of rotatable bonds is 12. The predicted molar refractivity (Wildman–Crippen MR) is 257 cm³/mol. The maximum absolute atomic E-state index is 13.7. The molecule has 3 aromatic carbocycles. The van der Waals surface area contributed by atoms with E-state index < -0.39 is 65.7 Å². The van der Waals surface area contributed by atoms with E-state index in [2.05, 4.69) is 41.0 Å². The summed E-state index contributed by atoms with van der Waals surface area (Å²) >= 11 is 0. The van der Waals surface area contributed by atoms with Crippen molar-refractivity contribution in [1.82, 2.24) is 14.5 Å². The molecule has 3 aliphatic rings. The van der Waals surface area contributed by atoms with E-state index in [4.69, 9.17) is 18.1 Å². The maximum Gasteiger partial charge on any atom is 0.351 e. The summed E-state index contributed by atoms with van der Waals surface area (Å²) in [5.41, 5.74) is -0.553. The number of hydrogen-bond donors (Lipinski definition) is 3. The number of anilines is 1. The molecule has 2 fully saturated rings. The van der Waals surface area contributed by atoms with Crippen LogP contribution in [0.15, 0.2) is 113 Å². The molecular weight excluding hydrogens is 866 g/mol. The molecule has 346 valence electrons. The molecule has 0 spiro atoms. The second kappa shape index (κ2) is 20.6. The fourth-order valence-corrected chi connectivity index (χ4v) is 14.8. The Bertz CT molecular complexity index is 2250. The van der Waals surface area contributed by atoms with E-state index in [9.17, 15) is 24.2 Å². The van der Waals surface area contributed by atoms with Gasteiger partial charge in [0.25, 0.3) is 14.2 Å². The highest BCUT2D eigenvalue weighted by Crippen LogP contribution is 2.49. The fraction of sp³-hybridized carbons (Fsp3) is 0.489. The van der Waals surface area contributed by atoms with E-state index in [1.165, 1.54) is 63.3 Å². The van der Waals surface area contributed by atoms with E-state index in [-0.39, 0.29) is 17.5 Å². The van der Waals surface area contributed by atoms with Crippen molar-refractivity contribution in [1.29, 1.82) is 0 Å². The van der Waals surface area contributed by atoms with Gasteiger partial charge in [0.05, 0.1) is 12.4 Å². The smallest absolute Gasteiger partial charge is 0.351 e. The number of amides is 1. The van der Waals surface area contributed by atoms with Crippen LogP contribution < -0.4 is 21.4 Å². The van der Waals surface area contributed by atoms with Gasteiger partial charge in [-0.25, -0.2) is 4.79 Å². The maximum atomic E-state index is 13.7. The van der Waals surface area contributed by atoms with E-state index >= 15 is 0 Å². The molecule has 1 amide bonds. The summed E-state index contributed by atoms with van der Waals surface area (Å²) in [4.78, 5) is 47.7. The average Bonchev–Trinajstić information content (AvgIpc) is 3.37. The van der Waals surface area contributed by atoms with Crippen molar-refractivity contribution in [2.24, 2.45) is 4.99 Å². The second-order valence-electron chi connectivity index (χ2n) is 19.2. The molecule has 17 heteroatoms. The average molecular weight is 932 g/mol. The number of carbonyl (C=O) groups excluding carboxylic acids is 1. The first-order valence-electron chi connectivity index (χ1n) is 22.2. The van der Waals surface area contributed by atoms with E-state index in [1.807, 2.05) is 94.5 Å². The van der Waals surface area contributed by atoms with Crippen LogP contribution in [0.2, 0.25) is 23.2 Å². The summed E-state index contributed by atoms with van der Waals surface area (Å²) in [6, 6.07) is 29.8. The second-order valence-corrected chi connectivity index (χ2v) is 29.0. The number of hydrogen-bond acceptors (Lipinski definition) is 11. The lowest BCUT2D eigenvalue weighted by Crippen LogP contribution is -2.67. The van der Waals surface area contributed by atoms with Crippen LogP contribution >= 0.6 is 8.25 Å². The third kappa shape index (κ3) is 11.1. The number of fused-ring (bicyclic) bond motifs is 1. The van der Waals surface area contributed by atoms with Crippen molar-refractivity contribution in [2.75, 3.05) is 31.6 Å². The van der Waals surface area contributed by atoms with Gasteiger partial charge in [-0.05, 0) is 71.0 Å². The molecule has 0 aliphatic carbocycles. The number of amidine groups is 1. The van der Waals surface area contributed by atoms with Crippen molar-refractivity contribution in [2.45, 2.75) is 121 Å². The Hall–Kier alpha value is -4.10. The van der Waals surface area contributed by atoms with E-state index in [1.54, 1.807) is 30.3 Å². The first-order valence-corrected chi connectivity index (χ1v) is 28.3. The topological polar surface area (TPSA) is 174 Å². The summed E-state index contributed by atoms with van der Waals surface area (Å²) in [5.74, 6) is -1.76. The van der Waals surface area contributed by atoms with Gasteiger partial charge in [-0.2, -0.15) is 4.98 Å². The molecule has 3 N–H and O–H groups in total. The molecule has 2 saturated heterocycles. The van der Waals surface area contributed by atoms with Crippen LogP contribution in [0.5, 0.6) is 0 Å². The van der Waals surface area contributed by atoms with Gasteiger partial charge in [-0.1, -0.05) is 127 Å². The van der Waals surface area contributed by atoms with Crippen LogP contribution in [-0.2, 0) is 22.7 Å². The van der Waals surface area contributed by atoms with Crippen LogP contribution in [0.25, 0.3) is 0 Å². The van der Waals surface area contributed by atoms with Crippen molar-refractivity contribution < 1.29 is 37.5 Å². The lowest BCUT2D eigenvalue weighted by atomic mass is 10.1. The monoisotopic (exact) mass is 931 g/mol. The van der Waals surface area contributed by atoms with Crippen LogP contribution in [0.1, 0.15) is 90.2 Å². The molecule has 7 rings (SSSR count). The molecule has 0 saturated carbocycles. The van der Waals surface area contributed by atoms with E-state index in [0.29, 0.717) is 5.56 Å². The number of aromatic nitrogens is 2. The minimum Gasteiger partial charge on any atom is -0.406 e. The number of nitrogens with one attached hydrogen (secondary N) is 1. The van der Waals surface area contributed by atoms with Gasteiger partial charge in [0, 0.05) is 37.8 Å². The fourth-order valence-electron chi connectivity index (χ4n) is 8.38. The molecular formula is C47H66N5O9PSi2. The van der Waals surface area contributed by atoms with Gasteiger partial charge in [0.1, 0.15) is 18.0 Å². The Morgan fingerprint density at radius 3 is 2.03 bits per heavy atom. The minimum absolute atomic E-state index is 0.0427. The van der Waals surface area contributed by atoms with Gasteiger partial charge in [0.2, 0.25) is 5.79 Å². The zero-order valence-corrected chi connectivity index (χ0v) is 41.5. The van der Waals surface area contributed by atoms with Crippen LogP contribution in [0.4, 0.5) is 5.82 Å². The summed E-state index contributed by atoms with van der Waals surface area (Å²) in [5, 5.41) is 16.3.